The number of hydrogen-bond donors (Lipinski definition) is 0. The van der Waals surface area contributed by atoms with Gasteiger partial charge < -0.3 is 4.74 Å². The molecule has 0 aliphatic carbocycles. The molecular formula is C16H15NO2. The smallest absolute Gasteiger partial charge is 0.338 e. The molecular weight excluding hydrogens is 238 g/mol. The largest absolute Gasteiger partial charge is 0.465 e. The van der Waals surface area contributed by atoms with E-state index >= 15 is 0 Å². The molecule has 2 aromatic carbocycles. The molecule has 0 saturated heterocycles. The maximum Gasteiger partial charge on any atom is 0.338 e. The first-order valence-electron chi connectivity index (χ1n) is 6.26. The molecule has 96 valence electrons. The van der Waals surface area contributed by atoms with Crippen LogP contribution in [0.5, 0.6) is 0 Å². The normalized spacial score (nSPS) is 10.2. The zero-order chi connectivity index (χ0) is 13.8. The van der Waals surface area contributed by atoms with Crippen LogP contribution in [0.2, 0.25) is 0 Å². The van der Waals surface area contributed by atoms with Crippen molar-refractivity contribution in [3.63, 3.8) is 0 Å². The molecule has 0 aliphatic heterocycles. The maximum atomic E-state index is 12.1. The number of fused-ring (bicyclic) bond motifs is 1. The predicted molar refractivity (Wildman–Crippen MR) is 74.0 cm³/mol. The second kappa shape index (κ2) is 5.53. The third-order valence-electron chi connectivity index (χ3n) is 3.17. The highest BCUT2D eigenvalue weighted by Crippen LogP contribution is 2.27. The van der Waals surface area contributed by atoms with Gasteiger partial charge in [-0.1, -0.05) is 37.6 Å². The fourth-order valence-corrected chi connectivity index (χ4v) is 2.34. The Balaban J connectivity index is 2.87. The van der Waals surface area contributed by atoms with Crippen LogP contribution < -0.4 is 0 Å². The van der Waals surface area contributed by atoms with Gasteiger partial charge in [-0.2, -0.15) is 5.26 Å². The Bertz CT molecular complexity index is 668. The topological polar surface area (TPSA) is 50.1 Å². The molecule has 2 aromatic rings. The molecule has 0 aromatic heterocycles. The van der Waals surface area contributed by atoms with Crippen molar-refractivity contribution >= 4 is 16.7 Å². The Kier molecular flexibility index (Phi) is 3.82. The Morgan fingerprint density at radius 2 is 2.11 bits per heavy atom. The first-order chi connectivity index (χ1) is 9.22. The lowest BCUT2D eigenvalue weighted by Gasteiger charge is -2.12. The van der Waals surface area contributed by atoms with Crippen molar-refractivity contribution in [1.29, 1.82) is 5.26 Å². The number of nitrogens with zero attached hydrogens (tertiary/aromatic N) is 1. The first kappa shape index (κ1) is 13.1. The summed E-state index contributed by atoms with van der Waals surface area (Å²) in [7, 11) is 1.37. The van der Waals surface area contributed by atoms with E-state index in [9.17, 15) is 10.1 Å². The van der Waals surface area contributed by atoms with Crippen molar-refractivity contribution in [1.82, 2.24) is 0 Å². The highest BCUT2D eigenvalue weighted by Gasteiger charge is 2.19. The number of ether oxygens (including phenoxy) is 1. The monoisotopic (exact) mass is 253 g/mol. The molecule has 19 heavy (non-hydrogen) atoms. The minimum absolute atomic E-state index is 0.378. The van der Waals surface area contributed by atoms with Crippen molar-refractivity contribution in [2.24, 2.45) is 0 Å². The third kappa shape index (κ3) is 2.30. The fraction of sp³-hybridized carbons (Fsp3) is 0.250. The highest BCUT2D eigenvalue weighted by molar-refractivity contribution is 6.06. The van der Waals surface area contributed by atoms with Gasteiger partial charge in [0.25, 0.3) is 0 Å². The molecule has 0 amide bonds. The van der Waals surface area contributed by atoms with E-state index in [1.54, 1.807) is 0 Å². The van der Waals surface area contributed by atoms with Gasteiger partial charge in [0, 0.05) is 0 Å². The Morgan fingerprint density at radius 1 is 1.37 bits per heavy atom. The summed E-state index contributed by atoms with van der Waals surface area (Å²) in [5, 5.41) is 11.0. The number of esters is 1. The molecule has 0 radical (unpaired) electrons. The second-order valence-corrected chi connectivity index (χ2v) is 4.35. The summed E-state index contributed by atoms with van der Waals surface area (Å²) < 4.78 is 4.88. The Hall–Kier alpha value is -2.34. The number of benzene rings is 2. The number of methoxy groups -OCH3 is 1. The molecule has 0 N–H and O–H groups in total. The number of carbonyl (C=O) groups is 1. The van der Waals surface area contributed by atoms with Crippen LogP contribution >= 0.6 is 0 Å². The van der Waals surface area contributed by atoms with E-state index in [1.165, 1.54) is 7.11 Å². The van der Waals surface area contributed by atoms with E-state index in [1.807, 2.05) is 37.3 Å². The molecule has 0 atom stereocenters. The van der Waals surface area contributed by atoms with Crippen LogP contribution in [0.4, 0.5) is 0 Å². The maximum absolute atomic E-state index is 12.1. The molecule has 3 heteroatoms. The summed E-state index contributed by atoms with van der Waals surface area (Å²) in [6.07, 6.45) is 1.56. The minimum Gasteiger partial charge on any atom is -0.465 e. The van der Waals surface area contributed by atoms with E-state index in [-0.39, 0.29) is 5.97 Å². The van der Waals surface area contributed by atoms with Gasteiger partial charge in [0.1, 0.15) is 0 Å². The average molecular weight is 253 g/mol. The van der Waals surface area contributed by atoms with Crippen LogP contribution in [0.15, 0.2) is 30.3 Å². The van der Waals surface area contributed by atoms with Crippen LogP contribution in [0.25, 0.3) is 10.8 Å². The zero-order valence-electron chi connectivity index (χ0n) is 11.1. The Morgan fingerprint density at radius 3 is 2.74 bits per heavy atom. The van der Waals surface area contributed by atoms with Crippen LogP contribution in [0, 0.1) is 11.3 Å². The summed E-state index contributed by atoms with van der Waals surface area (Å²) in [6.45, 7) is 2.03. The van der Waals surface area contributed by atoms with Gasteiger partial charge in [-0.15, -0.1) is 0 Å². The molecule has 0 unspecified atom stereocenters. The lowest BCUT2D eigenvalue weighted by Crippen LogP contribution is -2.09. The van der Waals surface area contributed by atoms with E-state index < -0.39 is 0 Å². The molecule has 2 rings (SSSR count). The van der Waals surface area contributed by atoms with Crippen molar-refractivity contribution < 1.29 is 9.53 Å². The van der Waals surface area contributed by atoms with Crippen molar-refractivity contribution in [2.45, 2.75) is 19.8 Å². The van der Waals surface area contributed by atoms with Gasteiger partial charge in [-0.3, -0.25) is 0 Å². The van der Waals surface area contributed by atoms with Crippen LogP contribution in [0.3, 0.4) is 0 Å². The number of carbonyl (C=O) groups excluding carboxylic acids is 1. The average Bonchev–Trinajstić information content (AvgIpc) is 2.46. The number of nitriles is 1. The summed E-state index contributed by atoms with van der Waals surface area (Å²) in [4.78, 5) is 12.1. The fourth-order valence-electron chi connectivity index (χ4n) is 2.34. The van der Waals surface area contributed by atoms with Gasteiger partial charge in [0.05, 0.1) is 24.3 Å². The van der Waals surface area contributed by atoms with Gasteiger partial charge in [-0.05, 0) is 28.8 Å². The van der Waals surface area contributed by atoms with Crippen molar-refractivity contribution in [3.8, 4) is 6.07 Å². The first-order valence-corrected chi connectivity index (χ1v) is 6.26. The van der Waals surface area contributed by atoms with Crippen LogP contribution in [-0.2, 0) is 11.2 Å². The van der Waals surface area contributed by atoms with Crippen molar-refractivity contribution in [2.75, 3.05) is 7.11 Å². The summed E-state index contributed by atoms with van der Waals surface area (Å²) in [5.74, 6) is -0.378. The molecule has 0 saturated carbocycles. The molecule has 0 bridgehead atoms. The minimum atomic E-state index is -0.378. The van der Waals surface area contributed by atoms with Gasteiger partial charge in [-0.25, -0.2) is 4.79 Å². The molecule has 3 nitrogen and oxygen atoms in total. The van der Waals surface area contributed by atoms with E-state index in [2.05, 4.69) is 6.07 Å². The van der Waals surface area contributed by atoms with E-state index in [4.69, 9.17) is 4.74 Å². The van der Waals surface area contributed by atoms with Crippen LogP contribution in [-0.4, -0.2) is 13.1 Å². The standard InChI is InChI=1S/C16H15NO2/c1-3-6-13-12(10-17)9-11-7-4-5-8-14(11)15(13)16(18)19-2/h4-5,7-9H,3,6H2,1-2H3. The SMILES string of the molecule is CCCc1c(C#N)cc2ccccc2c1C(=O)OC. The Labute approximate surface area is 112 Å². The van der Waals surface area contributed by atoms with Gasteiger partial charge in [0.15, 0.2) is 0 Å². The molecule has 0 fully saturated rings. The number of hydrogen-bond acceptors (Lipinski definition) is 3. The lowest BCUT2D eigenvalue weighted by atomic mass is 9.92. The molecule has 0 spiro atoms. The zero-order valence-corrected chi connectivity index (χ0v) is 11.1. The van der Waals surface area contributed by atoms with Crippen LogP contribution in [0.1, 0.15) is 34.8 Å². The third-order valence-corrected chi connectivity index (χ3v) is 3.17. The molecule has 0 aliphatic rings. The van der Waals surface area contributed by atoms with Crippen molar-refractivity contribution in [3.05, 3.63) is 47.0 Å². The summed E-state index contributed by atoms with van der Waals surface area (Å²) in [5.41, 5.74) is 1.87. The van der Waals surface area contributed by atoms with E-state index in [0.29, 0.717) is 17.5 Å². The summed E-state index contributed by atoms with van der Waals surface area (Å²) >= 11 is 0. The van der Waals surface area contributed by atoms with E-state index in [0.717, 1.165) is 22.8 Å². The highest BCUT2D eigenvalue weighted by atomic mass is 16.5. The number of rotatable bonds is 3. The quantitative estimate of drug-likeness (QED) is 0.787. The van der Waals surface area contributed by atoms with Gasteiger partial charge in [0.2, 0.25) is 0 Å². The molecule has 0 heterocycles. The predicted octanol–water partition coefficient (Wildman–Crippen LogP) is 3.45. The van der Waals surface area contributed by atoms with Gasteiger partial charge >= 0.3 is 5.97 Å². The second-order valence-electron chi connectivity index (χ2n) is 4.35. The lowest BCUT2D eigenvalue weighted by molar-refractivity contribution is 0.0601. The summed E-state index contributed by atoms with van der Waals surface area (Å²) in [6, 6.07) is 11.6.